The zero-order chi connectivity index (χ0) is 17.6. The van der Waals surface area contributed by atoms with Crippen LogP contribution >= 0.6 is 0 Å². The molecule has 1 N–H and O–H groups in total. The van der Waals surface area contributed by atoms with E-state index in [4.69, 9.17) is 0 Å². The van der Waals surface area contributed by atoms with Crippen molar-refractivity contribution in [3.05, 3.63) is 65.1 Å². The summed E-state index contributed by atoms with van der Waals surface area (Å²) in [6.45, 7) is 4.75. The Hall–Kier alpha value is -3.15. The van der Waals surface area contributed by atoms with E-state index in [1.54, 1.807) is 7.05 Å². The first-order valence-corrected chi connectivity index (χ1v) is 8.20. The normalized spacial score (nSPS) is 11.3. The lowest BCUT2D eigenvalue weighted by Crippen LogP contribution is -2.18. The summed E-state index contributed by atoms with van der Waals surface area (Å²) in [7, 11) is 1.64. The molecule has 0 radical (unpaired) electrons. The Morgan fingerprint density at radius 3 is 2.72 bits per heavy atom. The fourth-order valence-electron chi connectivity index (χ4n) is 3.32. The highest BCUT2D eigenvalue weighted by Gasteiger charge is 2.12. The maximum absolute atomic E-state index is 11.9. The molecule has 0 unspecified atom stereocenters. The van der Waals surface area contributed by atoms with Crippen LogP contribution in [0.3, 0.4) is 0 Å². The zero-order valence-corrected chi connectivity index (χ0v) is 14.4. The third-order valence-electron chi connectivity index (χ3n) is 4.56. The van der Waals surface area contributed by atoms with Crippen molar-refractivity contribution in [2.45, 2.75) is 20.4 Å². The van der Waals surface area contributed by atoms with Gasteiger partial charge in [0.05, 0.1) is 11.0 Å². The molecular weight excluding hydrogens is 314 g/mol. The number of hydrogen-bond donors (Lipinski definition) is 1. The number of nitrogens with one attached hydrogen (secondary N) is 1. The third-order valence-corrected chi connectivity index (χ3v) is 4.56. The molecule has 0 saturated heterocycles. The second-order valence-corrected chi connectivity index (χ2v) is 6.20. The van der Waals surface area contributed by atoms with Crippen molar-refractivity contribution in [3.63, 3.8) is 0 Å². The molecule has 3 aromatic heterocycles. The van der Waals surface area contributed by atoms with Crippen LogP contribution in [0.15, 0.2) is 42.5 Å². The smallest absolute Gasteiger partial charge is 0.251 e. The number of pyridine rings is 1. The number of fused-ring (bicyclic) bond motifs is 3. The Morgan fingerprint density at radius 1 is 1.08 bits per heavy atom. The van der Waals surface area contributed by atoms with Gasteiger partial charge in [0.25, 0.3) is 5.91 Å². The number of carbonyl (C=O) groups is 1. The van der Waals surface area contributed by atoms with Crippen LogP contribution in [0.5, 0.6) is 0 Å². The van der Waals surface area contributed by atoms with Crippen molar-refractivity contribution in [2.24, 2.45) is 0 Å². The maximum atomic E-state index is 11.9. The van der Waals surface area contributed by atoms with Crippen molar-refractivity contribution >= 4 is 22.6 Å². The number of rotatable bonds is 3. The fraction of sp³-hybridized carbons (Fsp3) is 0.211. The highest BCUT2D eigenvalue weighted by molar-refractivity contribution is 5.94. The molecule has 0 aliphatic heterocycles. The zero-order valence-electron chi connectivity index (χ0n) is 14.4. The quantitative estimate of drug-likeness (QED) is 0.627. The van der Waals surface area contributed by atoms with Crippen LogP contribution in [-0.4, -0.2) is 32.1 Å². The Balaban J connectivity index is 1.82. The second-order valence-electron chi connectivity index (χ2n) is 6.20. The minimum Gasteiger partial charge on any atom is -0.355 e. The molecule has 0 bridgehead atoms. The van der Waals surface area contributed by atoms with E-state index in [-0.39, 0.29) is 5.91 Å². The van der Waals surface area contributed by atoms with Crippen LogP contribution in [0.2, 0.25) is 0 Å². The first-order valence-electron chi connectivity index (χ1n) is 8.20. The van der Waals surface area contributed by atoms with Gasteiger partial charge in [-0.25, -0.2) is 0 Å². The van der Waals surface area contributed by atoms with Gasteiger partial charge in [0.15, 0.2) is 5.65 Å². The summed E-state index contributed by atoms with van der Waals surface area (Å²) in [5, 5.41) is 11.0. The SMILES string of the molecule is CNC(=O)c1cccc(Cn2c(C)cc3c2ccc2nnc(C)n23)c1. The fourth-order valence-corrected chi connectivity index (χ4v) is 3.32. The van der Waals surface area contributed by atoms with Crippen LogP contribution < -0.4 is 5.32 Å². The second kappa shape index (κ2) is 5.73. The molecule has 1 amide bonds. The molecule has 3 heterocycles. The minimum absolute atomic E-state index is 0.0715. The molecule has 6 heteroatoms. The Morgan fingerprint density at radius 2 is 1.92 bits per heavy atom. The number of amides is 1. The summed E-state index contributed by atoms with van der Waals surface area (Å²) in [5.74, 6) is 0.803. The van der Waals surface area contributed by atoms with Gasteiger partial charge in [-0.3, -0.25) is 9.20 Å². The van der Waals surface area contributed by atoms with Crippen molar-refractivity contribution in [3.8, 4) is 0 Å². The lowest BCUT2D eigenvalue weighted by Gasteiger charge is -2.10. The van der Waals surface area contributed by atoms with E-state index in [0.717, 1.165) is 33.8 Å². The summed E-state index contributed by atoms with van der Waals surface area (Å²) in [6.07, 6.45) is 0. The topological polar surface area (TPSA) is 64.2 Å². The molecule has 0 aliphatic carbocycles. The van der Waals surface area contributed by atoms with Crippen LogP contribution in [-0.2, 0) is 6.54 Å². The van der Waals surface area contributed by atoms with Crippen molar-refractivity contribution in [1.29, 1.82) is 0 Å². The monoisotopic (exact) mass is 333 g/mol. The van der Waals surface area contributed by atoms with E-state index >= 15 is 0 Å². The van der Waals surface area contributed by atoms with Crippen LogP contribution in [0, 0.1) is 13.8 Å². The summed E-state index contributed by atoms with van der Waals surface area (Å²) in [5.41, 5.74) is 5.98. The van der Waals surface area contributed by atoms with Gasteiger partial charge in [0, 0.05) is 24.8 Å². The molecule has 25 heavy (non-hydrogen) atoms. The lowest BCUT2D eigenvalue weighted by atomic mass is 10.1. The molecule has 0 atom stereocenters. The average Bonchev–Trinajstić information content (AvgIpc) is 3.15. The van der Waals surface area contributed by atoms with Gasteiger partial charge in [-0.15, -0.1) is 10.2 Å². The summed E-state index contributed by atoms with van der Waals surface area (Å²) in [4.78, 5) is 11.9. The van der Waals surface area contributed by atoms with E-state index in [2.05, 4.69) is 43.5 Å². The number of benzene rings is 1. The van der Waals surface area contributed by atoms with E-state index in [9.17, 15) is 4.79 Å². The van der Waals surface area contributed by atoms with E-state index in [0.29, 0.717) is 12.1 Å². The maximum Gasteiger partial charge on any atom is 0.251 e. The van der Waals surface area contributed by atoms with E-state index in [1.807, 2.05) is 37.3 Å². The van der Waals surface area contributed by atoms with Crippen molar-refractivity contribution < 1.29 is 4.79 Å². The highest BCUT2D eigenvalue weighted by atomic mass is 16.1. The van der Waals surface area contributed by atoms with Gasteiger partial charge in [0.2, 0.25) is 0 Å². The molecular formula is C19H19N5O. The van der Waals surface area contributed by atoms with Crippen molar-refractivity contribution in [2.75, 3.05) is 7.05 Å². The van der Waals surface area contributed by atoms with E-state index < -0.39 is 0 Å². The third kappa shape index (κ3) is 2.46. The molecule has 4 rings (SSSR count). The molecule has 0 fully saturated rings. The highest BCUT2D eigenvalue weighted by Crippen LogP contribution is 2.23. The summed E-state index contributed by atoms with van der Waals surface area (Å²) in [6, 6.07) is 13.9. The molecule has 126 valence electrons. The van der Waals surface area contributed by atoms with E-state index in [1.165, 1.54) is 0 Å². The van der Waals surface area contributed by atoms with Gasteiger partial charge in [-0.05, 0) is 49.7 Å². The Labute approximate surface area is 145 Å². The molecule has 1 aromatic carbocycles. The molecule has 0 saturated carbocycles. The Kier molecular flexibility index (Phi) is 3.53. The molecule has 0 spiro atoms. The lowest BCUT2D eigenvalue weighted by molar-refractivity contribution is 0.0963. The van der Waals surface area contributed by atoms with Gasteiger partial charge < -0.3 is 9.88 Å². The number of nitrogens with zero attached hydrogens (tertiary/aromatic N) is 4. The Bertz CT molecular complexity index is 1110. The first-order chi connectivity index (χ1) is 12.1. The van der Waals surface area contributed by atoms with Gasteiger partial charge in [-0.2, -0.15) is 0 Å². The average molecular weight is 333 g/mol. The van der Waals surface area contributed by atoms with Gasteiger partial charge in [0.1, 0.15) is 5.82 Å². The molecule has 6 nitrogen and oxygen atoms in total. The number of aryl methyl sites for hydroxylation is 2. The standard InChI is InChI=1S/C19H19N5O/c1-12-9-17-16(7-8-18-22-21-13(2)24(17)18)23(12)11-14-5-4-6-15(10-14)19(25)20-3/h4-10H,11H2,1-3H3,(H,20,25). The predicted molar refractivity (Wildman–Crippen MR) is 96.9 cm³/mol. The first kappa shape index (κ1) is 15.4. The number of carbonyl (C=O) groups excluding carboxylic acids is 1. The van der Waals surface area contributed by atoms with Crippen molar-refractivity contribution in [1.82, 2.24) is 24.5 Å². The van der Waals surface area contributed by atoms with Gasteiger partial charge in [-0.1, -0.05) is 12.1 Å². The van der Waals surface area contributed by atoms with Crippen LogP contribution in [0.4, 0.5) is 0 Å². The number of hydrogen-bond acceptors (Lipinski definition) is 3. The molecule has 0 aliphatic rings. The summed E-state index contributed by atoms with van der Waals surface area (Å²) < 4.78 is 4.32. The summed E-state index contributed by atoms with van der Waals surface area (Å²) >= 11 is 0. The molecule has 4 aromatic rings. The van der Waals surface area contributed by atoms with Crippen LogP contribution in [0.25, 0.3) is 16.7 Å². The van der Waals surface area contributed by atoms with Gasteiger partial charge >= 0.3 is 0 Å². The minimum atomic E-state index is -0.0715. The number of aromatic nitrogens is 4. The largest absolute Gasteiger partial charge is 0.355 e. The predicted octanol–water partition coefficient (Wildman–Crippen LogP) is 2.71. The van der Waals surface area contributed by atoms with Crippen LogP contribution in [0.1, 0.15) is 27.4 Å².